The Morgan fingerprint density at radius 2 is 1.78 bits per heavy atom. The Morgan fingerprint density at radius 1 is 1.06 bits per heavy atom. The van der Waals surface area contributed by atoms with Gasteiger partial charge < -0.3 is 9.47 Å². The van der Waals surface area contributed by atoms with E-state index >= 15 is 0 Å². The standard InChI is InChI=1S/C14H14ClNO2/c1-2-17-12-5-3-4-6-13(12)18-10-11-7-8-14(15)16-9-11/h3-9H,2,10H2,1H3. The van der Waals surface area contributed by atoms with Gasteiger partial charge in [-0.15, -0.1) is 0 Å². The van der Waals surface area contributed by atoms with Gasteiger partial charge in [-0.3, -0.25) is 0 Å². The van der Waals surface area contributed by atoms with Crippen molar-refractivity contribution in [1.29, 1.82) is 0 Å². The molecule has 94 valence electrons. The van der Waals surface area contributed by atoms with E-state index in [1.165, 1.54) is 0 Å². The van der Waals surface area contributed by atoms with Crippen molar-refractivity contribution in [3.05, 3.63) is 53.3 Å². The largest absolute Gasteiger partial charge is 0.490 e. The highest BCUT2D eigenvalue weighted by Gasteiger charge is 2.03. The molecule has 0 radical (unpaired) electrons. The molecule has 4 heteroatoms. The second kappa shape index (κ2) is 6.26. The van der Waals surface area contributed by atoms with Crippen molar-refractivity contribution >= 4 is 11.6 Å². The molecule has 0 fully saturated rings. The predicted molar refractivity (Wildman–Crippen MR) is 71.2 cm³/mol. The molecule has 3 nitrogen and oxygen atoms in total. The molecule has 2 aromatic rings. The summed E-state index contributed by atoms with van der Waals surface area (Å²) in [6, 6.07) is 11.2. The number of para-hydroxylation sites is 2. The van der Waals surface area contributed by atoms with Crippen molar-refractivity contribution in [1.82, 2.24) is 4.98 Å². The number of nitrogens with zero attached hydrogens (tertiary/aromatic N) is 1. The van der Waals surface area contributed by atoms with Crippen LogP contribution in [0.3, 0.4) is 0 Å². The monoisotopic (exact) mass is 263 g/mol. The third-order valence-electron chi connectivity index (χ3n) is 2.33. The number of halogens is 1. The highest BCUT2D eigenvalue weighted by Crippen LogP contribution is 2.27. The van der Waals surface area contributed by atoms with Crippen LogP contribution in [-0.4, -0.2) is 11.6 Å². The first-order chi connectivity index (χ1) is 8.79. The molecule has 0 saturated carbocycles. The molecule has 18 heavy (non-hydrogen) atoms. The highest BCUT2D eigenvalue weighted by atomic mass is 35.5. The molecular weight excluding hydrogens is 250 g/mol. The van der Waals surface area contributed by atoms with Crippen molar-refractivity contribution in [2.45, 2.75) is 13.5 Å². The third-order valence-corrected chi connectivity index (χ3v) is 2.56. The fraction of sp³-hybridized carbons (Fsp3) is 0.214. The van der Waals surface area contributed by atoms with Crippen molar-refractivity contribution in [3.8, 4) is 11.5 Å². The van der Waals surface area contributed by atoms with Gasteiger partial charge in [0.05, 0.1) is 6.61 Å². The van der Waals surface area contributed by atoms with Crippen LogP contribution in [0.25, 0.3) is 0 Å². The average molecular weight is 264 g/mol. The van der Waals surface area contributed by atoms with E-state index in [4.69, 9.17) is 21.1 Å². The van der Waals surface area contributed by atoms with E-state index in [0.717, 1.165) is 17.1 Å². The van der Waals surface area contributed by atoms with Crippen LogP contribution in [-0.2, 0) is 6.61 Å². The van der Waals surface area contributed by atoms with E-state index < -0.39 is 0 Å². The number of hydrogen-bond acceptors (Lipinski definition) is 3. The zero-order valence-corrected chi connectivity index (χ0v) is 10.9. The summed E-state index contributed by atoms with van der Waals surface area (Å²) in [6.45, 7) is 3.00. The molecule has 0 atom stereocenters. The molecule has 0 amide bonds. The third kappa shape index (κ3) is 3.37. The summed E-state index contributed by atoms with van der Waals surface area (Å²) in [5.41, 5.74) is 0.964. The predicted octanol–water partition coefficient (Wildman–Crippen LogP) is 3.71. The first-order valence-electron chi connectivity index (χ1n) is 5.74. The van der Waals surface area contributed by atoms with Crippen LogP contribution in [0, 0.1) is 0 Å². The first-order valence-corrected chi connectivity index (χ1v) is 6.12. The van der Waals surface area contributed by atoms with Crippen LogP contribution < -0.4 is 9.47 Å². The van der Waals surface area contributed by atoms with E-state index in [1.54, 1.807) is 12.3 Å². The van der Waals surface area contributed by atoms with Gasteiger partial charge in [0.25, 0.3) is 0 Å². The van der Waals surface area contributed by atoms with Crippen molar-refractivity contribution in [2.24, 2.45) is 0 Å². The molecule has 0 saturated heterocycles. The molecule has 1 aromatic heterocycles. The maximum absolute atomic E-state index is 5.72. The summed E-state index contributed by atoms with van der Waals surface area (Å²) in [4.78, 5) is 4.00. The van der Waals surface area contributed by atoms with Crippen LogP contribution in [0.4, 0.5) is 0 Å². The number of rotatable bonds is 5. The van der Waals surface area contributed by atoms with Gasteiger partial charge in [0.15, 0.2) is 11.5 Å². The summed E-state index contributed by atoms with van der Waals surface area (Å²) < 4.78 is 11.2. The van der Waals surface area contributed by atoms with Gasteiger partial charge >= 0.3 is 0 Å². The van der Waals surface area contributed by atoms with Crippen LogP contribution in [0.15, 0.2) is 42.6 Å². The average Bonchev–Trinajstić information content (AvgIpc) is 2.40. The lowest BCUT2D eigenvalue weighted by atomic mass is 10.3. The van der Waals surface area contributed by atoms with Gasteiger partial charge in [-0.25, -0.2) is 4.98 Å². The van der Waals surface area contributed by atoms with Gasteiger partial charge in [-0.2, -0.15) is 0 Å². The van der Waals surface area contributed by atoms with Gasteiger partial charge in [0.2, 0.25) is 0 Å². The second-order valence-corrected chi connectivity index (χ2v) is 4.04. The van der Waals surface area contributed by atoms with Gasteiger partial charge in [-0.05, 0) is 25.1 Å². The molecule has 0 aliphatic rings. The minimum atomic E-state index is 0.439. The molecule has 0 aliphatic heterocycles. The summed E-state index contributed by atoms with van der Waals surface area (Å²) in [6.07, 6.45) is 1.70. The van der Waals surface area contributed by atoms with Crippen molar-refractivity contribution < 1.29 is 9.47 Å². The van der Waals surface area contributed by atoms with E-state index in [-0.39, 0.29) is 0 Å². The molecule has 2 rings (SSSR count). The van der Waals surface area contributed by atoms with E-state index in [1.807, 2.05) is 37.3 Å². The SMILES string of the molecule is CCOc1ccccc1OCc1ccc(Cl)nc1. The van der Waals surface area contributed by atoms with E-state index in [0.29, 0.717) is 18.4 Å². The number of benzene rings is 1. The Labute approximate surface area is 111 Å². The summed E-state index contributed by atoms with van der Waals surface area (Å²) >= 11 is 5.72. The molecule has 0 unspecified atom stereocenters. The Bertz CT molecular complexity index is 499. The lowest BCUT2D eigenvalue weighted by molar-refractivity contribution is 0.269. The maximum atomic E-state index is 5.72. The molecule has 0 aliphatic carbocycles. The fourth-order valence-electron chi connectivity index (χ4n) is 1.50. The van der Waals surface area contributed by atoms with Crippen LogP contribution >= 0.6 is 11.6 Å². The van der Waals surface area contributed by atoms with Gasteiger partial charge in [-0.1, -0.05) is 29.8 Å². The summed E-state index contributed by atoms with van der Waals surface area (Å²) in [7, 11) is 0. The first kappa shape index (κ1) is 12.7. The quantitative estimate of drug-likeness (QED) is 0.771. The Kier molecular flexibility index (Phi) is 4.42. The van der Waals surface area contributed by atoms with Crippen molar-refractivity contribution in [2.75, 3.05) is 6.61 Å². The lowest BCUT2D eigenvalue weighted by Crippen LogP contribution is -1.99. The Morgan fingerprint density at radius 3 is 2.39 bits per heavy atom. The zero-order valence-electron chi connectivity index (χ0n) is 10.1. The highest BCUT2D eigenvalue weighted by molar-refractivity contribution is 6.29. The lowest BCUT2D eigenvalue weighted by Gasteiger charge is -2.11. The van der Waals surface area contributed by atoms with Crippen LogP contribution in [0.2, 0.25) is 5.15 Å². The zero-order chi connectivity index (χ0) is 12.8. The van der Waals surface area contributed by atoms with Gasteiger partial charge in [0.1, 0.15) is 11.8 Å². The number of ether oxygens (including phenoxy) is 2. The minimum Gasteiger partial charge on any atom is -0.490 e. The van der Waals surface area contributed by atoms with Crippen molar-refractivity contribution in [3.63, 3.8) is 0 Å². The molecule has 1 heterocycles. The Hall–Kier alpha value is -1.74. The maximum Gasteiger partial charge on any atom is 0.161 e. The fourth-order valence-corrected chi connectivity index (χ4v) is 1.61. The van der Waals surface area contributed by atoms with Crippen LogP contribution in [0.5, 0.6) is 11.5 Å². The molecule has 1 aromatic carbocycles. The number of hydrogen-bond donors (Lipinski definition) is 0. The number of pyridine rings is 1. The summed E-state index contributed by atoms with van der Waals surface area (Å²) in [5, 5.41) is 0.480. The molecule has 0 spiro atoms. The van der Waals surface area contributed by atoms with Crippen LogP contribution in [0.1, 0.15) is 12.5 Å². The Balaban J connectivity index is 2.03. The normalized spacial score (nSPS) is 10.1. The minimum absolute atomic E-state index is 0.439. The van der Waals surface area contributed by atoms with E-state index in [9.17, 15) is 0 Å². The molecule has 0 N–H and O–H groups in total. The number of aromatic nitrogens is 1. The topological polar surface area (TPSA) is 31.4 Å². The summed E-state index contributed by atoms with van der Waals surface area (Å²) in [5.74, 6) is 1.48. The second-order valence-electron chi connectivity index (χ2n) is 3.66. The smallest absolute Gasteiger partial charge is 0.161 e. The van der Waals surface area contributed by atoms with Gasteiger partial charge in [0, 0.05) is 11.8 Å². The van der Waals surface area contributed by atoms with E-state index in [2.05, 4.69) is 4.98 Å². The molecular formula is C14H14ClNO2. The molecule has 0 bridgehead atoms.